The fourth-order valence-corrected chi connectivity index (χ4v) is 8.74. The molecule has 0 bridgehead atoms. The number of piperidine rings is 1. The molecule has 2 saturated heterocycles. The number of nitrogens with one attached hydrogen (secondary N) is 1. The molecule has 4 aliphatic rings. The van der Waals surface area contributed by atoms with Gasteiger partial charge in [0.25, 0.3) is 0 Å². The number of aromatic nitrogens is 3. The van der Waals surface area contributed by atoms with E-state index in [0.717, 1.165) is 67.7 Å². The second-order valence-corrected chi connectivity index (χ2v) is 15.4. The van der Waals surface area contributed by atoms with Crippen LogP contribution in [0.2, 0.25) is 0 Å². The topological polar surface area (TPSA) is 101 Å². The van der Waals surface area contributed by atoms with Crippen LogP contribution in [0.4, 0.5) is 4.79 Å². The Kier molecular flexibility index (Phi) is 9.19. The monoisotopic (exact) mass is 643 g/mol. The average molecular weight is 644 g/mol. The van der Waals surface area contributed by atoms with Crippen molar-refractivity contribution < 1.29 is 14.6 Å². The minimum absolute atomic E-state index is 0.173. The SMILES string of the molecule is C[C@@H]1c2c([nH]c3nnc(-c4ccccc4O)cc23)CCN1C1CCN([C@H]2CC[C@H](CN3CCN(C(=O)OC(C)(C)C)CC3)CC2)CC1. The molecule has 254 valence electrons. The summed E-state index contributed by atoms with van der Waals surface area (Å²) < 4.78 is 5.57. The Balaban J connectivity index is 0.892. The number of carbonyl (C=O) groups excluding carboxylic acids is 1. The number of rotatable bonds is 5. The highest BCUT2D eigenvalue weighted by Gasteiger charge is 2.36. The summed E-state index contributed by atoms with van der Waals surface area (Å²) in [6.45, 7) is 16.2. The van der Waals surface area contributed by atoms with Gasteiger partial charge in [-0.25, -0.2) is 4.79 Å². The molecule has 1 aromatic carbocycles. The first-order valence-corrected chi connectivity index (χ1v) is 18.0. The van der Waals surface area contributed by atoms with Crippen molar-refractivity contribution in [3.8, 4) is 17.0 Å². The Labute approximate surface area is 279 Å². The molecule has 47 heavy (non-hydrogen) atoms. The summed E-state index contributed by atoms with van der Waals surface area (Å²) in [4.78, 5) is 26.0. The molecule has 1 atom stereocenters. The van der Waals surface area contributed by atoms with Crippen molar-refractivity contribution in [3.05, 3.63) is 41.6 Å². The molecule has 0 spiro atoms. The van der Waals surface area contributed by atoms with Crippen molar-refractivity contribution in [1.29, 1.82) is 0 Å². The fraction of sp³-hybridized carbons (Fsp3) is 0.649. The van der Waals surface area contributed by atoms with Crippen molar-refractivity contribution >= 4 is 17.1 Å². The van der Waals surface area contributed by atoms with E-state index in [4.69, 9.17) is 4.74 Å². The quantitative estimate of drug-likeness (QED) is 0.359. The number of benzene rings is 1. The number of phenols is 1. The standard InChI is InChI=1S/C37H53N7O3/c1-25-34-30-23-32(29-7-5-6-8-33(29)45)39-40-35(30)38-31(34)15-18-44(25)28-13-16-42(17-14-28)27-11-9-26(10-12-27)24-41-19-21-43(22-20-41)36(46)47-37(2,3)4/h5-8,23,25-28,45H,9-22,24H2,1-4H3,(H,38,40)/t25-,26-,27-/m1/s1. The summed E-state index contributed by atoms with van der Waals surface area (Å²) >= 11 is 0. The van der Waals surface area contributed by atoms with Gasteiger partial charge in [0.05, 0.1) is 5.69 Å². The number of nitrogens with zero attached hydrogens (tertiary/aromatic N) is 6. The van der Waals surface area contributed by atoms with Gasteiger partial charge in [0.15, 0.2) is 5.65 Å². The van der Waals surface area contributed by atoms with Crippen LogP contribution in [0.5, 0.6) is 5.75 Å². The Bertz CT molecular complexity index is 1540. The maximum Gasteiger partial charge on any atom is 0.410 e. The number of H-pyrrole nitrogens is 1. The Hall–Kier alpha value is -3.21. The van der Waals surface area contributed by atoms with Crippen LogP contribution < -0.4 is 0 Å². The second-order valence-electron chi connectivity index (χ2n) is 15.4. The maximum absolute atomic E-state index is 12.4. The number of piperazine rings is 1. The Morgan fingerprint density at radius 1 is 0.936 bits per heavy atom. The van der Waals surface area contributed by atoms with Gasteiger partial charge in [-0.2, -0.15) is 0 Å². The largest absolute Gasteiger partial charge is 0.507 e. The van der Waals surface area contributed by atoms with Gasteiger partial charge < -0.3 is 24.6 Å². The number of para-hydroxylation sites is 1. The molecular weight excluding hydrogens is 590 g/mol. The van der Waals surface area contributed by atoms with Crippen LogP contribution in [0.3, 0.4) is 0 Å². The smallest absolute Gasteiger partial charge is 0.410 e. The van der Waals surface area contributed by atoms with Crippen LogP contribution in [-0.2, 0) is 11.2 Å². The summed E-state index contributed by atoms with van der Waals surface area (Å²) in [6.07, 6.45) is 8.54. The average Bonchev–Trinajstić information content (AvgIpc) is 3.44. The lowest BCUT2D eigenvalue weighted by molar-refractivity contribution is 0.0114. The number of ether oxygens (including phenoxy) is 1. The molecular formula is C37H53N7O3. The van der Waals surface area contributed by atoms with E-state index in [1.807, 2.05) is 43.9 Å². The molecule has 0 radical (unpaired) electrons. The van der Waals surface area contributed by atoms with Gasteiger partial charge in [-0.15, -0.1) is 10.2 Å². The van der Waals surface area contributed by atoms with Gasteiger partial charge in [-0.05, 0) is 109 Å². The fourth-order valence-electron chi connectivity index (χ4n) is 8.74. The van der Waals surface area contributed by atoms with E-state index in [-0.39, 0.29) is 11.8 Å². The van der Waals surface area contributed by atoms with Crippen molar-refractivity contribution in [1.82, 2.24) is 34.8 Å². The number of carbonyl (C=O) groups is 1. The van der Waals surface area contributed by atoms with E-state index in [2.05, 4.69) is 42.9 Å². The Morgan fingerprint density at radius 3 is 2.36 bits per heavy atom. The van der Waals surface area contributed by atoms with Crippen molar-refractivity contribution in [3.63, 3.8) is 0 Å². The van der Waals surface area contributed by atoms with Crippen LogP contribution in [-0.4, -0.2) is 116 Å². The van der Waals surface area contributed by atoms with E-state index >= 15 is 0 Å². The lowest BCUT2D eigenvalue weighted by Gasteiger charge is -2.46. The molecule has 1 aliphatic carbocycles. The van der Waals surface area contributed by atoms with E-state index in [9.17, 15) is 9.90 Å². The number of aromatic amines is 1. The van der Waals surface area contributed by atoms with Gasteiger partial charge in [-0.3, -0.25) is 9.80 Å². The highest BCUT2D eigenvalue weighted by Crippen LogP contribution is 2.40. The van der Waals surface area contributed by atoms with E-state index in [1.54, 1.807) is 6.07 Å². The summed E-state index contributed by atoms with van der Waals surface area (Å²) in [6, 6.07) is 11.1. The highest BCUT2D eigenvalue weighted by molar-refractivity contribution is 5.86. The molecule has 2 aromatic heterocycles. The molecule has 2 N–H and O–H groups in total. The van der Waals surface area contributed by atoms with Crippen LogP contribution in [0.15, 0.2) is 30.3 Å². The normalized spacial score (nSPS) is 25.6. The van der Waals surface area contributed by atoms with Crippen LogP contribution in [0.1, 0.15) is 83.5 Å². The number of phenolic OH excluding ortho intramolecular Hbond substituents is 1. The lowest BCUT2D eigenvalue weighted by Crippen LogP contribution is -2.52. The molecule has 10 heteroatoms. The lowest BCUT2D eigenvalue weighted by atomic mass is 9.84. The molecule has 3 fully saturated rings. The first-order valence-electron chi connectivity index (χ1n) is 18.0. The molecule has 0 unspecified atom stereocenters. The van der Waals surface area contributed by atoms with Crippen molar-refractivity contribution in [2.45, 2.75) is 96.4 Å². The van der Waals surface area contributed by atoms with Gasteiger partial charge in [0.1, 0.15) is 11.4 Å². The first kappa shape index (κ1) is 32.3. The van der Waals surface area contributed by atoms with E-state index < -0.39 is 5.60 Å². The van der Waals surface area contributed by atoms with Crippen LogP contribution in [0, 0.1) is 5.92 Å². The summed E-state index contributed by atoms with van der Waals surface area (Å²) in [5.41, 5.74) is 4.47. The Morgan fingerprint density at radius 2 is 1.66 bits per heavy atom. The van der Waals surface area contributed by atoms with E-state index in [1.165, 1.54) is 69.4 Å². The zero-order valence-corrected chi connectivity index (χ0v) is 28.7. The third-order valence-corrected chi connectivity index (χ3v) is 11.2. The zero-order chi connectivity index (χ0) is 32.7. The number of hydrogen-bond donors (Lipinski definition) is 2. The van der Waals surface area contributed by atoms with Gasteiger partial charge in [0, 0.05) is 80.5 Å². The molecule has 1 amide bonds. The summed E-state index contributed by atoms with van der Waals surface area (Å²) in [5.74, 6) is 1.00. The third-order valence-electron chi connectivity index (χ3n) is 11.2. The molecule has 7 rings (SSSR count). The summed E-state index contributed by atoms with van der Waals surface area (Å²) in [7, 11) is 0. The number of hydrogen-bond acceptors (Lipinski definition) is 8. The first-order chi connectivity index (χ1) is 22.6. The molecule has 5 heterocycles. The number of fused-ring (bicyclic) bond motifs is 3. The number of likely N-dealkylation sites (tertiary alicyclic amines) is 1. The van der Waals surface area contributed by atoms with Gasteiger partial charge >= 0.3 is 6.09 Å². The minimum Gasteiger partial charge on any atom is -0.507 e. The van der Waals surface area contributed by atoms with Crippen LogP contribution in [0.25, 0.3) is 22.3 Å². The molecule has 3 aromatic rings. The molecule has 1 saturated carbocycles. The predicted octanol–water partition coefficient (Wildman–Crippen LogP) is 5.83. The van der Waals surface area contributed by atoms with Crippen molar-refractivity contribution in [2.24, 2.45) is 5.92 Å². The highest BCUT2D eigenvalue weighted by atomic mass is 16.6. The summed E-state index contributed by atoms with van der Waals surface area (Å²) in [5, 5.41) is 20.5. The zero-order valence-electron chi connectivity index (χ0n) is 28.7. The number of aromatic hydroxyl groups is 1. The van der Waals surface area contributed by atoms with E-state index in [0.29, 0.717) is 17.8 Å². The second kappa shape index (κ2) is 13.4. The van der Waals surface area contributed by atoms with Gasteiger partial charge in [0.2, 0.25) is 0 Å². The minimum atomic E-state index is -0.438. The molecule has 3 aliphatic heterocycles. The maximum atomic E-state index is 12.4. The predicted molar refractivity (Wildman–Crippen MR) is 184 cm³/mol. The third kappa shape index (κ3) is 7.01. The van der Waals surface area contributed by atoms with Crippen LogP contribution >= 0.6 is 0 Å². The molecule has 10 nitrogen and oxygen atoms in total. The van der Waals surface area contributed by atoms with Gasteiger partial charge in [-0.1, -0.05) is 12.1 Å². The number of amides is 1. The van der Waals surface area contributed by atoms with Crippen molar-refractivity contribution in [2.75, 3.05) is 52.4 Å².